The Kier molecular flexibility index (Phi) is 6.65. The van der Waals surface area contributed by atoms with E-state index in [2.05, 4.69) is 10.2 Å². The summed E-state index contributed by atoms with van der Waals surface area (Å²) in [5.74, 6) is 1.41. The minimum absolute atomic E-state index is 0.132. The van der Waals surface area contributed by atoms with E-state index in [1.807, 2.05) is 23.1 Å². The molecule has 198 valence electrons. The van der Waals surface area contributed by atoms with Crippen molar-refractivity contribution in [1.82, 2.24) is 20.0 Å². The Hall–Kier alpha value is -2.94. The van der Waals surface area contributed by atoms with Crippen molar-refractivity contribution in [2.75, 3.05) is 26.2 Å². The number of likely N-dealkylation sites (tertiary alicyclic amines) is 2. The summed E-state index contributed by atoms with van der Waals surface area (Å²) in [6.45, 7) is 4.39. The van der Waals surface area contributed by atoms with Crippen LogP contribution in [0.25, 0.3) is 0 Å². The van der Waals surface area contributed by atoms with Crippen molar-refractivity contribution in [3.8, 4) is 5.75 Å². The molecular weight excluding hydrogens is 472 g/mol. The topological polar surface area (TPSA) is 99.3 Å². The fourth-order valence-corrected chi connectivity index (χ4v) is 7.05. The zero-order valence-electron chi connectivity index (χ0n) is 21.3. The van der Waals surface area contributed by atoms with Crippen LogP contribution in [0.1, 0.15) is 67.3 Å². The number of carbonyl (C=O) groups is 4. The van der Waals surface area contributed by atoms with Crippen molar-refractivity contribution >= 4 is 24.1 Å². The molecule has 5 aliphatic rings. The maximum atomic E-state index is 13.0. The van der Waals surface area contributed by atoms with Gasteiger partial charge in [0, 0.05) is 50.7 Å². The lowest BCUT2D eigenvalue weighted by atomic mass is 9.77. The molecule has 3 saturated heterocycles. The molecular formula is C28H36N4O5. The Bertz CT molecular complexity index is 1080. The number of ether oxygens (including phenoxy) is 1. The quantitative estimate of drug-likeness (QED) is 0.466. The number of rotatable bonds is 6. The molecule has 6 rings (SSSR count). The number of carbonyl (C=O) groups excluding carboxylic acids is 4. The summed E-state index contributed by atoms with van der Waals surface area (Å²) in [5, 5.41) is 2.36. The van der Waals surface area contributed by atoms with Gasteiger partial charge in [-0.2, -0.15) is 0 Å². The first kappa shape index (κ1) is 24.4. The van der Waals surface area contributed by atoms with E-state index in [9.17, 15) is 19.2 Å². The van der Waals surface area contributed by atoms with Crippen molar-refractivity contribution in [2.24, 2.45) is 11.8 Å². The van der Waals surface area contributed by atoms with Gasteiger partial charge in [0.05, 0.1) is 0 Å². The number of piperidine rings is 2. The van der Waals surface area contributed by atoms with E-state index in [-0.39, 0.29) is 30.2 Å². The predicted molar refractivity (Wildman–Crippen MR) is 135 cm³/mol. The first-order valence-electron chi connectivity index (χ1n) is 13.9. The number of nitrogens with zero attached hydrogens (tertiary/aromatic N) is 3. The standard InChI is InChI=1S/C28H36N4O5/c33-17-30-11-9-18(10-12-30)20-14-31(15-20)23-3-1-2-4-25(23)37-21-5-6-22-19(13-21)16-32(28(22)36)24-7-8-26(34)29-27(24)35/h5-6,13,17-18,20,23-25H,1-4,7-12,14-16H2,(H,29,34,35). The van der Waals surface area contributed by atoms with Crippen LogP contribution in [0.3, 0.4) is 0 Å². The van der Waals surface area contributed by atoms with Crippen LogP contribution in [-0.2, 0) is 20.9 Å². The second-order valence-corrected chi connectivity index (χ2v) is 11.4. The van der Waals surface area contributed by atoms with E-state index < -0.39 is 6.04 Å². The Morgan fingerprint density at radius 2 is 1.73 bits per heavy atom. The molecule has 1 aromatic carbocycles. The maximum Gasteiger partial charge on any atom is 0.255 e. The fourth-order valence-electron chi connectivity index (χ4n) is 7.05. The van der Waals surface area contributed by atoms with Crippen LogP contribution in [0.5, 0.6) is 5.75 Å². The number of imide groups is 1. The maximum absolute atomic E-state index is 13.0. The molecule has 0 aromatic heterocycles. The monoisotopic (exact) mass is 508 g/mol. The van der Waals surface area contributed by atoms with Crippen molar-refractivity contribution in [3.63, 3.8) is 0 Å². The van der Waals surface area contributed by atoms with Gasteiger partial charge in [0.2, 0.25) is 18.2 Å². The predicted octanol–water partition coefficient (Wildman–Crippen LogP) is 1.94. The Morgan fingerprint density at radius 3 is 2.49 bits per heavy atom. The van der Waals surface area contributed by atoms with Gasteiger partial charge in [-0.25, -0.2) is 0 Å². The molecule has 37 heavy (non-hydrogen) atoms. The van der Waals surface area contributed by atoms with Gasteiger partial charge in [-0.15, -0.1) is 0 Å². The van der Waals surface area contributed by atoms with Crippen molar-refractivity contribution in [2.45, 2.75) is 76.1 Å². The van der Waals surface area contributed by atoms with E-state index in [1.165, 1.54) is 6.42 Å². The van der Waals surface area contributed by atoms with Gasteiger partial charge in [-0.05, 0) is 74.1 Å². The van der Waals surface area contributed by atoms with Crippen LogP contribution in [-0.4, -0.2) is 83.2 Å². The van der Waals surface area contributed by atoms with Crippen LogP contribution in [0.2, 0.25) is 0 Å². The molecule has 3 atom stereocenters. The first-order chi connectivity index (χ1) is 18.0. The number of amides is 4. The van der Waals surface area contributed by atoms with Crippen LogP contribution < -0.4 is 10.1 Å². The number of hydrogen-bond donors (Lipinski definition) is 1. The highest BCUT2D eigenvalue weighted by atomic mass is 16.5. The van der Waals surface area contributed by atoms with Crippen LogP contribution in [0, 0.1) is 11.8 Å². The summed E-state index contributed by atoms with van der Waals surface area (Å²) < 4.78 is 6.57. The second kappa shape index (κ2) is 10.1. The average molecular weight is 509 g/mol. The Balaban J connectivity index is 1.07. The highest BCUT2D eigenvalue weighted by Crippen LogP contribution is 2.38. The second-order valence-electron chi connectivity index (χ2n) is 11.4. The molecule has 1 saturated carbocycles. The summed E-state index contributed by atoms with van der Waals surface area (Å²) in [4.78, 5) is 53.9. The molecule has 1 aromatic rings. The average Bonchev–Trinajstić information content (AvgIpc) is 3.20. The van der Waals surface area contributed by atoms with Crippen molar-refractivity contribution < 1.29 is 23.9 Å². The molecule has 4 aliphatic heterocycles. The molecule has 4 fully saturated rings. The lowest BCUT2D eigenvalue weighted by Gasteiger charge is -2.51. The van der Waals surface area contributed by atoms with Gasteiger partial charge < -0.3 is 14.5 Å². The Morgan fingerprint density at radius 1 is 0.946 bits per heavy atom. The zero-order chi connectivity index (χ0) is 25.5. The molecule has 0 spiro atoms. The van der Waals surface area contributed by atoms with Crippen molar-refractivity contribution in [3.05, 3.63) is 29.3 Å². The summed E-state index contributed by atoms with van der Waals surface area (Å²) in [5.41, 5.74) is 1.49. The lowest BCUT2D eigenvalue weighted by molar-refractivity contribution is -0.137. The third kappa shape index (κ3) is 4.74. The Labute approximate surface area is 217 Å². The number of benzene rings is 1. The normalized spacial score (nSPS) is 29.6. The van der Waals surface area contributed by atoms with Crippen LogP contribution in [0.4, 0.5) is 0 Å². The summed E-state index contributed by atoms with van der Waals surface area (Å²) >= 11 is 0. The molecule has 4 heterocycles. The summed E-state index contributed by atoms with van der Waals surface area (Å²) in [7, 11) is 0. The third-order valence-electron chi connectivity index (χ3n) is 9.25. The summed E-state index contributed by atoms with van der Waals surface area (Å²) in [6, 6.07) is 5.48. The zero-order valence-corrected chi connectivity index (χ0v) is 21.3. The first-order valence-corrected chi connectivity index (χ1v) is 13.9. The molecule has 1 N–H and O–H groups in total. The van der Waals surface area contributed by atoms with Gasteiger partial charge in [-0.3, -0.25) is 29.4 Å². The van der Waals surface area contributed by atoms with E-state index in [1.54, 1.807) is 4.90 Å². The van der Waals surface area contributed by atoms with Crippen molar-refractivity contribution in [1.29, 1.82) is 0 Å². The molecule has 9 nitrogen and oxygen atoms in total. The van der Waals surface area contributed by atoms with Gasteiger partial charge >= 0.3 is 0 Å². The molecule has 0 radical (unpaired) electrons. The largest absolute Gasteiger partial charge is 0.489 e. The van der Waals surface area contributed by atoms with E-state index in [0.717, 1.165) is 87.8 Å². The van der Waals surface area contributed by atoms with Gasteiger partial charge in [0.25, 0.3) is 5.91 Å². The molecule has 9 heteroatoms. The number of hydrogen-bond acceptors (Lipinski definition) is 6. The SMILES string of the molecule is O=CN1CCC(C2CN(C3CCCCC3Oc3ccc4c(c3)CN(C3CCC(=O)NC3=O)C4=O)C2)CC1. The fraction of sp³-hybridized carbons (Fsp3) is 0.643. The highest BCUT2D eigenvalue weighted by Gasteiger charge is 2.43. The molecule has 4 amide bonds. The third-order valence-corrected chi connectivity index (χ3v) is 9.25. The number of nitrogens with one attached hydrogen (secondary N) is 1. The lowest BCUT2D eigenvalue weighted by Crippen LogP contribution is -2.60. The highest BCUT2D eigenvalue weighted by molar-refractivity contribution is 6.05. The van der Waals surface area contributed by atoms with Gasteiger partial charge in [0.15, 0.2) is 0 Å². The van der Waals surface area contributed by atoms with Gasteiger partial charge in [-0.1, -0.05) is 6.42 Å². The van der Waals surface area contributed by atoms with E-state index in [0.29, 0.717) is 24.6 Å². The number of fused-ring (bicyclic) bond motifs is 1. The van der Waals surface area contributed by atoms with Gasteiger partial charge in [0.1, 0.15) is 17.9 Å². The van der Waals surface area contributed by atoms with E-state index in [4.69, 9.17) is 4.74 Å². The van der Waals surface area contributed by atoms with E-state index >= 15 is 0 Å². The molecule has 3 unspecified atom stereocenters. The van der Waals surface area contributed by atoms with Crippen LogP contribution in [0.15, 0.2) is 18.2 Å². The minimum atomic E-state index is -0.602. The molecule has 0 bridgehead atoms. The molecule has 1 aliphatic carbocycles. The van der Waals surface area contributed by atoms with Crippen LogP contribution >= 0.6 is 0 Å². The summed E-state index contributed by atoms with van der Waals surface area (Å²) in [6.07, 6.45) is 8.53. The minimum Gasteiger partial charge on any atom is -0.489 e. The smallest absolute Gasteiger partial charge is 0.255 e.